The van der Waals surface area contributed by atoms with E-state index in [1.165, 1.54) is 11.0 Å². The molecule has 4 N–H and O–H groups in total. The summed E-state index contributed by atoms with van der Waals surface area (Å²) in [7, 11) is 0. The lowest BCUT2D eigenvalue weighted by Crippen LogP contribution is -2.60. The Morgan fingerprint density at radius 2 is 1.64 bits per heavy atom. The number of nitrogens with one attached hydrogen (secondary N) is 4. The van der Waals surface area contributed by atoms with E-state index >= 15 is 0 Å². The molecule has 1 aliphatic heterocycles. The molecule has 258 valence electrons. The molecule has 1 saturated heterocycles. The van der Waals surface area contributed by atoms with E-state index in [-0.39, 0.29) is 23.7 Å². The number of nitrogens with zero attached hydrogens (tertiary/aromatic N) is 1. The maximum Gasteiger partial charge on any atom is 0.408 e. The fourth-order valence-electron chi connectivity index (χ4n) is 6.17. The highest BCUT2D eigenvalue weighted by Crippen LogP contribution is 2.65. The van der Waals surface area contributed by atoms with Crippen LogP contribution in [0.5, 0.6) is 0 Å². The van der Waals surface area contributed by atoms with Gasteiger partial charge in [-0.15, -0.1) is 6.58 Å². The lowest BCUT2D eigenvalue weighted by atomic mass is 9.85. The second-order valence-corrected chi connectivity index (χ2v) is 15.1. The Labute approximate surface area is 277 Å². The number of fused-ring (bicyclic) bond motifs is 1. The monoisotopic (exact) mass is 653 g/mol. The van der Waals surface area contributed by atoms with Gasteiger partial charge in [0.15, 0.2) is 0 Å². The Kier molecular flexibility index (Phi) is 11.6. The number of carbonyl (C=O) groups is 6. The van der Waals surface area contributed by atoms with E-state index in [0.29, 0.717) is 19.5 Å². The SMILES string of the molecule is C=CCC(NC(=O)[C@@H]1C2C(CN1C(=O)[C@@H](NC(=O)OC(C)(C)C)C(C)(C)C)C2(C)C)C(=O)C(=O)NCC(=O)NCCc1ccccc1. The predicted octanol–water partition coefficient (Wildman–Crippen LogP) is 2.51. The third kappa shape index (κ3) is 9.65. The number of amides is 5. The molecular formula is C35H51N5O7. The molecule has 1 aliphatic carbocycles. The third-order valence-electron chi connectivity index (χ3n) is 8.78. The first kappa shape index (κ1) is 37.2. The number of benzene rings is 1. The van der Waals surface area contributed by atoms with Gasteiger partial charge >= 0.3 is 6.09 Å². The highest BCUT2D eigenvalue weighted by molar-refractivity contribution is 6.38. The number of ether oxygens (including phenoxy) is 1. The number of hydrogen-bond donors (Lipinski definition) is 4. The van der Waals surface area contributed by atoms with Crippen LogP contribution in [-0.2, 0) is 35.1 Å². The summed E-state index contributed by atoms with van der Waals surface area (Å²) in [5.74, 6) is -3.56. The van der Waals surface area contributed by atoms with Crippen molar-refractivity contribution in [1.29, 1.82) is 0 Å². The van der Waals surface area contributed by atoms with Gasteiger partial charge in [0.2, 0.25) is 23.5 Å². The minimum absolute atomic E-state index is 0.0375. The molecule has 0 spiro atoms. The van der Waals surface area contributed by atoms with Crippen molar-refractivity contribution in [3.05, 3.63) is 48.6 Å². The minimum atomic E-state index is -1.25. The van der Waals surface area contributed by atoms with Crippen LogP contribution in [0, 0.1) is 22.7 Å². The van der Waals surface area contributed by atoms with Crippen molar-refractivity contribution in [3.8, 4) is 0 Å². The van der Waals surface area contributed by atoms with Crippen LogP contribution in [-0.4, -0.2) is 83.8 Å². The summed E-state index contributed by atoms with van der Waals surface area (Å²) >= 11 is 0. The van der Waals surface area contributed by atoms with E-state index in [2.05, 4.69) is 27.8 Å². The van der Waals surface area contributed by atoms with E-state index < -0.39 is 71.2 Å². The van der Waals surface area contributed by atoms with E-state index in [1.807, 2.05) is 65.0 Å². The lowest BCUT2D eigenvalue weighted by molar-refractivity contribution is -0.145. The Hall–Kier alpha value is -4.22. The van der Waals surface area contributed by atoms with Gasteiger partial charge in [0, 0.05) is 13.1 Å². The highest BCUT2D eigenvalue weighted by Gasteiger charge is 2.70. The molecule has 2 aliphatic rings. The quantitative estimate of drug-likeness (QED) is 0.188. The van der Waals surface area contributed by atoms with Crippen molar-refractivity contribution in [3.63, 3.8) is 0 Å². The van der Waals surface area contributed by atoms with Crippen LogP contribution < -0.4 is 21.3 Å². The number of rotatable bonds is 13. The van der Waals surface area contributed by atoms with Crippen LogP contribution in [0.25, 0.3) is 0 Å². The van der Waals surface area contributed by atoms with Gasteiger partial charge in [-0.05, 0) is 61.8 Å². The van der Waals surface area contributed by atoms with Crippen LogP contribution in [0.15, 0.2) is 43.0 Å². The van der Waals surface area contributed by atoms with Gasteiger partial charge in [0.25, 0.3) is 5.91 Å². The normalized spacial score (nSPS) is 20.9. The summed E-state index contributed by atoms with van der Waals surface area (Å²) in [6.45, 7) is 18.6. The van der Waals surface area contributed by atoms with Crippen molar-refractivity contribution in [2.45, 2.75) is 92.0 Å². The van der Waals surface area contributed by atoms with Crippen molar-refractivity contribution in [2.75, 3.05) is 19.6 Å². The van der Waals surface area contributed by atoms with Crippen LogP contribution >= 0.6 is 0 Å². The van der Waals surface area contributed by atoms with Gasteiger partial charge in [-0.25, -0.2) is 4.79 Å². The van der Waals surface area contributed by atoms with Crippen LogP contribution in [0.1, 0.15) is 67.4 Å². The topological polar surface area (TPSA) is 163 Å². The molecule has 2 fully saturated rings. The first-order valence-electron chi connectivity index (χ1n) is 16.1. The van der Waals surface area contributed by atoms with E-state index in [9.17, 15) is 28.8 Å². The molecule has 3 unspecified atom stereocenters. The van der Waals surface area contributed by atoms with Crippen molar-refractivity contribution in [1.82, 2.24) is 26.2 Å². The molecule has 47 heavy (non-hydrogen) atoms. The van der Waals surface area contributed by atoms with Crippen LogP contribution in [0.4, 0.5) is 4.79 Å². The molecule has 5 atom stereocenters. The number of piperidine rings is 1. The summed E-state index contributed by atoms with van der Waals surface area (Å²) in [6.07, 6.45) is 1.24. The average Bonchev–Trinajstić information content (AvgIpc) is 3.28. The zero-order valence-electron chi connectivity index (χ0n) is 28.9. The van der Waals surface area contributed by atoms with Crippen molar-refractivity contribution >= 4 is 35.5 Å². The molecule has 5 amide bonds. The fraction of sp³-hybridized carbons (Fsp3) is 0.600. The maximum atomic E-state index is 14.0. The second-order valence-electron chi connectivity index (χ2n) is 15.1. The summed E-state index contributed by atoms with van der Waals surface area (Å²) in [5.41, 5.74) is -0.670. The second kappa shape index (κ2) is 14.7. The number of ketones is 1. The Morgan fingerprint density at radius 3 is 2.21 bits per heavy atom. The first-order valence-corrected chi connectivity index (χ1v) is 16.1. The highest BCUT2D eigenvalue weighted by atomic mass is 16.6. The Balaban J connectivity index is 1.67. The average molecular weight is 654 g/mol. The number of likely N-dealkylation sites (tertiary alicyclic amines) is 1. The maximum absolute atomic E-state index is 14.0. The molecule has 12 nitrogen and oxygen atoms in total. The van der Waals surface area contributed by atoms with E-state index in [1.54, 1.807) is 20.8 Å². The van der Waals surface area contributed by atoms with Crippen molar-refractivity contribution in [2.24, 2.45) is 22.7 Å². The standard InChI is InChI=1S/C35H51N5O7/c1-10-14-23(27(42)30(44)37-19-24(41)36-18-17-21-15-12-11-13-16-21)38-29(43)26-25-22(35(25,8)9)20-40(26)31(45)28(33(2,3)4)39-32(46)47-34(5,6)7/h10-13,15-16,22-23,25-26,28H,1,14,17-20H2,2-9H3,(H,36,41)(H,37,44)(H,38,43)(H,39,46)/t22?,23?,25?,26-,28+/m0/s1. The molecule has 0 radical (unpaired) electrons. The molecule has 1 aromatic carbocycles. The first-order chi connectivity index (χ1) is 21.8. The zero-order chi connectivity index (χ0) is 35.3. The number of Topliss-reactive ketones (excluding diaryl/α,β-unsaturated/α-hetero) is 1. The molecule has 1 aromatic rings. The molecule has 0 bridgehead atoms. The van der Waals surface area contributed by atoms with Crippen LogP contribution in [0.3, 0.4) is 0 Å². The lowest BCUT2D eigenvalue weighted by Gasteiger charge is -2.38. The van der Waals surface area contributed by atoms with Gasteiger partial charge < -0.3 is 30.9 Å². The molecule has 0 aromatic heterocycles. The minimum Gasteiger partial charge on any atom is -0.444 e. The molecule has 12 heteroatoms. The zero-order valence-corrected chi connectivity index (χ0v) is 28.9. The van der Waals surface area contributed by atoms with Gasteiger partial charge in [0.05, 0.1) is 6.54 Å². The van der Waals surface area contributed by atoms with Crippen molar-refractivity contribution < 1.29 is 33.5 Å². The van der Waals surface area contributed by atoms with E-state index in [0.717, 1.165) is 5.56 Å². The predicted molar refractivity (Wildman–Crippen MR) is 177 cm³/mol. The van der Waals surface area contributed by atoms with Crippen LogP contribution in [0.2, 0.25) is 0 Å². The molecule has 1 saturated carbocycles. The Bertz CT molecular complexity index is 1360. The third-order valence-corrected chi connectivity index (χ3v) is 8.78. The van der Waals surface area contributed by atoms with Gasteiger partial charge in [-0.1, -0.05) is 71.0 Å². The van der Waals surface area contributed by atoms with Gasteiger partial charge in [-0.3, -0.25) is 24.0 Å². The smallest absolute Gasteiger partial charge is 0.408 e. The molecule has 1 heterocycles. The molecule has 3 rings (SSSR count). The summed E-state index contributed by atoms with van der Waals surface area (Å²) in [5, 5.41) is 10.4. The molecular weight excluding hydrogens is 602 g/mol. The Morgan fingerprint density at radius 1 is 1.00 bits per heavy atom. The number of alkyl carbamates (subject to hydrolysis) is 1. The van der Waals surface area contributed by atoms with Gasteiger partial charge in [0.1, 0.15) is 23.7 Å². The number of hydrogen-bond acceptors (Lipinski definition) is 7. The summed E-state index contributed by atoms with van der Waals surface area (Å²) in [6, 6.07) is 6.41. The number of carbonyl (C=O) groups excluding carboxylic acids is 6. The summed E-state index contributed by atoms with van der Waals surface area (Å²) in [4.78, 5) is 80.3. The largest absolute Gasteiger partial charge is 0.444 e. The van der Waals surface area contributed by atoms with E-state index in [4.69, 9.17) is 4.74 Å². The summed E-state index contributed by atoms with van der Waals surface area (Å²) < 4.78 is 5.40. The fourth-order valence-corrected chi connectivity index (χ4v) is 6.17. The van der Waals surface area contributed by atoms with Gasteiger partial charge in [-0.2, -0.15) is 0 Å².